The molecule has 220 valence electrons. The van der Waals surface area contributed by atoms with E-state index in [1.54, 1.807) is 57.2 Å². The molecule has 41 heavy (non-hydrogen) atoms. The van der Waals surface area contributed by atoms with Crippen LogP contribution in [0.4, 0.5) is 10.5 Å². The van der Waals surface area contributed by atoms with Gasteiger partial charge in [-0.1, -0.05) is 43.3 Å². The van der Waals surface area contributed by atoms with E-state index in [9.17, 15) is 24.0 Å². The van der Waals surface area contributed by atoms with Crippen LogP contribution < -0.4 is 10.6 Å². The number of methoxy groups -OCH3 is 2. The van der Waals surface area contributed by atoms with Crippen molar-refractivity contribution in [1.82, 2.24) is 5.32 Å². The fraction of sp³-hybridized carbons (Fsp3) is 0.452. The number of nitrogens with one attached hydrogen (secondary N) is 2. The molecule has 1 aliphatic rings. The van der Waals surface area contributed by atoms with Gasteiger partial charge < -0.3 is 24.8 Å². The van der Waals surface area contributed by atoms with Crippen molar-refractivity contribution < 1.29 is 38.2 Å². The minimum absolute atomic E-state index is 0.274. The zero-order valence-electron chi connectivity index (χ0n) is 24.3. The van der Waals surface area contributed by atoms with Gasteiger partial charge in [-0.2, -0.15) is 0 Å². The molecule has 0 saturated heterocycles. The molecule has 2 aromatic rings. The fourth-order valence-corrected chi connectivity index (χ4v) is 4.96. The summed E-state index contributed by atoms with van der Waals surface area (Å²) in [5, 5.41) is 5.44. The fourth-order valence-electron chi connectivity index (χ4n) is 4.96. The Kier molecular flexibility index (Phi) is 10.3. The highest BCUT2D eigenvalue weighted by Crippen LogP contribution is 2.49. The van der Waals surface area contributed by atoms with E-state index in [1.165, 1.54) is 14.2 Å². The van der Waals surface area contributed by atoms with E-state index in [0.29, 0.717) is 18.7 Å². The van der Waals surface area contributed by atoms with E-state index < -0.39 is 59.0 Å². The van der Waals surface area contributed by atoms with Gasteiger partial charge in [0.2, 0.25) is 5.91 Å². The lowest BCUT2D eigenvalue weighted by Gasteiger charge is -2.46. The van der Waals surface area contributed by atoms with Gasteiger partial charge >= 0.3 is 18.0 Å². The van der Waals surface area contributed by atoms with E-state index in [1.807, 2.05) is 19.1 Å². The lowest BCUT2D eigenvalue weighted by Crippen LogP contribution is -2.61. The number of aryl methyl sites for hydroxylation is 1. The summed E-state index contributed by atoms with van der Waals surface area (Å²) in [5.74, 6) is -7.15. The number of benzene rings is 2. The van der Waals surface area contributed by atoms with E-state index in [4.69, 9.17) is 14.2 Å². The third-order valence-corrected chi connectivity index (χ3v) is 7.05. The van der Waals surface area contributed by atoms with Gasteiger partial charge in [0.25, 0.3) is 0 Å². The summed E-state index contributed by atoms with van der Waals surface area (Å²) >= 11 is 0. The molecule has 0 aromatic heterocycles. The monoisotopic (exact) mass is 566 g/mol. The first-order valence-electron chi connectivity index (χ1n) is 13.6. The number of ether oxygens (including phenoxy) is 3. The summed E-state index contributed by atoms with van der Waals surface area (Å²) in [6, 6.07) is 13.9. The van der Waals surface area contributed by atoms with Crippen LogP contribution >= 0.6 is 0 Å². The van der Waals surface area contributed by atoms with Gasteiger partial charge in [-0.3, -0.25) is 19.2 Å². The summed E-state index contributed by atoms with van der Waals surface area (Å²) in [5.41, 5.74) is 2.12. The molecule has 0 aliphatic heterocycles. The molecule has 0 bridgehead atoms. The number of ketones is 1. The van der Waals surface area contributed by atoms with Crippen LogP contribution in [0.5, 0.6) is 0 Å². The van der Waals surface area contributed by atoms with Gasteiger partial charge in [0, 0.05) is 17.8 Å². The van der Waals surface area contributed by atoms with E-state index in [2.05, 4.69) is 10.6 Å². The zero-order valence-corrected chi connectivity index (χ0v) is 24.3. The molecule has 1 aliphatic carbocycles. The van der Waals surface area contributed by atoms with E-state index in [0.717, 1.165) is 17.5 Å². The lowest BCUT2D eigenvalue weighted by atomic mass is 9.54. The molecule has 10 nitrogen and oxygen atoms in total. The summed E-state index contributed by atoms with van der Waals surface area (Å²) < 4.78 is 15.1. The highest BCUT2D eigenvalue weighted by Gasteiger charge is 2.64. The molecule has 1 fully saturated rings. The van der Waals surface area contributed by atoms with Crippen LogP contribution in [0.3, 0.4) is 0 Å². The minimum Gasteiger partial charge on any atom is -0.469 e. The Hall–Kier alpha value is -4.21. The van der Waals surface area contributed by atoms with Crippen LogP contribution in [-0.4, -0.2) is 56.1 Å². The van der Waals surface area contributed by atoms with Crippen LogP contribution in [0.1, 0.15) is 49.2 Å². The SMILES string of the molecule is CCc1ccc(NC(=O)C2C(C(=O)OC)C(C(=O)c3ccc(CCNC(=O)OC(C)(C)C)cc3)C2C(=O)OC)cc1. The van der Waals surface area contributed by atoms with Crippen molar-refractivity contribution in [1.29, 1.82) is 0 Å². The molecule has 2 aromatic carbocycles. The van der Waals surface area contributed by atoms with Crippen molar-refractivity contribution >= 4 is 35.4 Å². The standard InChI is InChI=1S/C31H38N2O8/c1-7-18-10-14-21(15-11-18)33-27(35)23-24(28(36)39-5)22(25(23)29(37)40-6)26(34)20-12-8-19(9-13-20)16-17-32-30(38)41-31(2,3)4/h8-15,22-25H,7,16-17H2,1-6H3,(H,32,38)(H,33,35). The molecule has 0 spiro atoms. The Morgan fingerprint density at radius 2 is 1.29 bits per heavy atom. The predicted octanol–water partition coefficient (Wildman–Crippen LogP) is 3.96. The highest BCUT2D eigenvalue weighted by atomic mass is 16.6. The van der Waals surface area contributed by atoms with Gasteiger partial charge in [-0.15, -0.1) is 0 Å². The van der Waals surface area contributed by atoms with Crippen LogP contribution in [0.2, 0.25) is 0 Å². The Morgan fingerprint density at radius 1 is 0.756 bits per heavy atom. The second-order valence-corrected chi connectivity index (χ2v) is 10.9. The number of esters is 2. The Labute approximate surface area is 240 Å². The molecule has 2 amide bonds. The van der Waals surface area contributed by atoms with Crippen molar-refractivity contribution in [2.24, 2.45) is 23.7 Å². The minimum atomic E-state index is -1.16. The number of amides is 2. The molecule has 3 rings (SSSR count). The number of carbonyl (C=O) groups excluding carboxylic acids is 5. The number of carbonyl (C=O) groups is 5. The second kappa shape index (κ2) is 13.4. The van der Waals surface area contributed by atoms with Gasteiger partial charge in [0.1, 0.15) is 5.60 Å². The van der Waals surface area contributed by atoms with E-state index >= 15 is 0 Å². The topological polar surface area (TPSA) is 137 Å². The maximum atomic E-state index is 13.6. The largest absolute Gasteiger partial charge is 0.469 e. The number of alkyl carbamates (subject to hydrolysis) is 1. The first-order chi connectivity index (χ1) is 19.4. The quantitative estimate of drug-likeness (QED) is 0.251. The van der Waals surface area contributed by atoms with Crippen molar-refractivity contribution in [3.8, 4) is 0 Å². The average molecular weight is 567 g/mol. The van der Waals surface area contributed by atoms with Gasteiger partial charge in [0.05, 0.1) is 37.9 Å². The maximum absolute atomic E-state index is 13.6. The Bertz CT molecular complexity index is 1240. The number of anilines is 1. The Balaban J connectivity index is 1.76. The average Bonchev–Trinajstić information content (AvgIpc) is 2.92. The van der Waals surface area contributed by atoms with Gasteiger partial charge in [0.15, 0.2) is 5.78 Å². The van der Waals surface area contributed by atoms with Crippen LogP contribution in [0.25, 0.3) is 0 Å². The molecule has 2 unspecified atom stereocenters. The molecule has 2 atom stereocenters. The van der Waals surface area contributed by atoms with Gasteiger partial charge in [-0.25, -0.2) is 4.79 Å². The van der Waals surface area contributed by atoms with Crippen molar-refractivity contribution in [2.75, 3.05) is 26.1 Å². The second-order valence-electron chi connectivity index (χ2n) is 10.9. The number of Topliss-reactive ketones (excluding diaryl/α,β-unsaturated/α-hetero) is 1. The van der Waals surface area contributed by atoms with Crippen LogP contribution in [-0.2, 0) is 41.4 Å². The number of rotatable bonds is 10. The lowest BCUT2D eigenvalue weighted by molar-refractivity contribution is -0.175. The molecular formula is C31H38N2O8. The van der Waals surface area contributed by atoms with E-state index in [-0.39, 0.29) is 5.56 Å². The molecular weight excluding hydrogens is 528 g/mol. The summed E-state index contributed by atoms with van der Waals surface area (Å²) in [4.78, 5) is 64.4. The first kappa shape index (κ1) is 31.3. The summed E-state index contributed by atoms with van der Waals surface area (Å²) in [7, 11) is 2.35. The maximum Gasteiger partial charge on any atom is 0.407 e. The zero-order chi connectivity index (χ0) is 30.3. The van der Waals surface area contributed by atoms with Crippen LogP contribution in [0.15, 0.2) is 48.5 Å². The first-order valence-corrected chi connectivity index (χ1v) is 13.6. The summed E-state index contributed by atoms with van der Waals surface area (Å²) in [6.45, 7) is 7.68. The number of hydrogen-bond donors (Lipinski definition) is 2. The molecule has 0 radical (unpaired) electrons. The molecule has 1 saturated carbocycles. The Morgan fingerprint density at radius 3 is 1.78 bits per heavy atom. The third-order valence-electron chi connectivity index (χ3n) is 7.05. The van der Waals surface area contributed by atoms with Crippen LogP contribution in [0, 0.1) is 23.7 Å². The molecule has 10 heteroatoms. The smallest absolute Gasteiger partial charge is 0.407 e. The van der Waals surface area contributed by atoms with Crippen molar-refractivity contribution in [2.45, 2.75) is 46.1 Å². The summed E-state index contributed by atoms with van der Waals surface area (Å²) in [6.07, 6.45) is 0.807. The molecule has 0 heterocycles. The predicted molar refractivity (Wildman–Crippen MR) is 151 cm³/mol. The van der Waals surface area contributed by atoms with Gasteiger partial charge in [-0.05, 0) is 56.9 Å². The van der Waals surface area contributed by atoms with Crippen molar-refractivity contribution in [3.05, 3.63) is 65.2 Å². The van der Waals surface area contributed by atoms with Crippen molar-refractivity contribution in [3.63, 3.8) is 0 Å². The highest BCUT2D eigenvalue weighted by molar-refractivity contribution is 6.08. The molecule has 2 N–H and O–H groups in total. The third kappa shape index (κ3) is 7.71. The number of hydrogen-bond acceptors (Lipinski definition) is 8. The normalized spacial score (nSPS) is 19.8.